The number of dihydropyridines is 1. The molecule has 3 heterocycles. The minimum Gasteiger partial charge on any atom is -0.359 e. The molecular weight excluding hydrogens is 719 g/mol. The standard InChI is InChI=1S/C54H41N5/c1-5-16-36(17-6-1)42-32-43(37-18-7-2-8-19-37)34-44(33-42)41-28-30-46-49(35-41)59(48-31-29-38-20-13-14-25-45(38)51(46)48)50-27-15-26-47(55-50)54-57-52(39-21-9-3-10-22-39)56-53(58-54)40-23-11-4-12-24-40/h1-35,50,52-53,55-56H,(H,57,58). The van der Waals surface area contributed by atoms with E-state index in [1.807, 2.05) is 6.07 Å². The number of hydrogen-bond donors (Lipinski definition) is 3. The van der Waals surface area contributed by atoms with Crippen LogP contribution in [0.1, 0.15) is 29.6 Å². The summed E-state index contributed by atoms with van der Waals surface area (Å²) in [5.41, 5.74) is 12.7. The van der Waals surface area contributed by atoms with Gasteiger partial charge in [0.25, 0.3) is 0 Å². The Morgan fingerprint density at radius 1 is 0.458 bits per heavy atom. The number of amidine groups is 1. The second kappa shape index (κ2) is 14.8. The summed E-state index contributed by atoms with van der Waals surface area (Å²) in [5.74, 6) is 0.818. The smallest absolute Gasteiger partial charge is 0.148 e. The Morgan fingerprint density at radius 2 is 1.07 bits per heavy atom. The first-order valence-electron chi connectivity index (χ1n) is 20.3. The summed E-state index contributed by atoms with van der Waals surface area (Å²) in [6.07, 6.45) is 6.00. The second-order valence-electron chi connectivity index (χ2n) is 15.3. The Balaban J connectivity index is 1.05. The molecule has 282 valence electrons. The van der Waals surface area contributed by atoms with E-state index in [2.05, 4.69) is 227 Å². The minimum absolute atomic E-state index is 0.129. The van der Waals surface area contributed by atoms with Crippen molar-refractivity contribution < 1.29 is 0 Å². The van der Waals surface area contributed by atoms with Gasteiger partial charge in [-0.2, -0.15) is 0 Å². The summed E-state index contributed by atoms with van der Waals surface area (Å²) in [7, 11) is 0. The van der Waals surface area contributed by atoms with Gasteiger partial charge in [-0.1, -0.05) is 170 Å². The zero-order chi connectivity index (χ0) is 39.1. The third-order valence-electron chi connectivity index (χ3n) is 11.7. The molecule has 5 heteroatoms. The van der Waals surface area contributed by atoms with Crippen LogP contribution < -0.4 is 16.0 Å². The van der Waals surface area contributed by atoms with Gasteiger partial charge >= 0.3 is 0 Å². The van der Waals surface area contributed by atoms with E-state index in [4.69, 9.17) is 4.99 Å². The molecule has 0 aliphatic carbocycles. The molecule has 3 unspecified atom stereocenters. The molecule has 0 radical (unpaired) electrons. The molecule has 3 N–H and O–H groups in total. The van der Waals surface area contributed by atoms with E-state index in [0.717, 1.165) is 33.7 Å². The van der Waals surface area contributed by atoms with Gasteiger partial charge < -0.3 is 15.2 Å². The highest BCUT2D eigenvalue weighted by molar-refractivity contribution is 6.21. The van der Waals surface area contributed by atoms with Crippen LogP contribution >= 0.6 is 0 Å². The third kappa shape index (κ3) is 6.48. The Hall–Kier alpha value is -7.47. The first-order chi connectivity index (χ1) is 29.2. The van der Waals surface area contributed by atoms with Crippen LogP contribution in [0, 0.1) is 0 Å². The van der Waals surface area contributed by atoms with Crippen LogP contribution in [0.2, 0.25) is 0 Å². The highest BCUT2D eigenvalue weighted by Crippen LogP contribution is 2.41. The van der Waals surface area contributed by atoms with Crippen molar-refractivity contribution in [1.29, 1.82) is 0 Å². The number of nitrogens with one attached hydrogen (secondary N) is 3. The Morgan fingerprint density at radius 3 is 1.76 bits per heavy atom. The Labute approximate surface area is 343 Å². The lowest BCUT2D eigenvalue weighted by Crippen LogP contribution is -2.47. The van der Waals surface area contributed by atoms with Crippen LogP contribution in [0.5, 0.6) is 0 Å². The van der Waals surface area contributed by atoms with E-state index < -0.39 is 0 Å². The Kier molecular flexibility index (Phi) is 8.72. The number of aromatic nitrogens is 1. The van der Waals surface area contributed by atoms with Crippen molar-refractivity contribution in [3.05, 3.63) is 229 Å². The summed E-state index contributed by atoms with van der Waals surface area (Å²) in [6.45, 7) is 0. The SMILES string of the molecule is C1=CC(n2c3cc(-c4cc(-c5ccccc5)cc(-c5ccccc5)c4)ccc3c3c4ccccc4ccc32)NC(C2=NC(c3ccccc3)NC(c3ccccc3)N2)=C1. The molecular formula is C54H41N5. The molecule has 1 aromatic heterocycles. The highest BCUT2D eigenvalue weighted by Gasteiger charge is 2.28. The van der Waals surface area contributed by atoms with E-state index >= 15 is 0 Å². The maximum atomic E-state index is 5.27. The van der Waals surface area contributed by atoms with Crippen molar-refractivity contribution in [1.82, 2.24) is 20.5 Å². The zero-order valence-corrected chi connectivity index (χ0v) is 32.3. The number of hydrogen-bond acceptors (Lipinski definition) is 4. The molecule has 9 aromatic rings. The van der Waals surface area contributed by atoms with Gasteiger partial charge in [0.05, 0.1) is 16.7 Å². The van der Waals surface area contributed by atoms with Crippen LogP contribution in [-0.2, 0) is 0 Å². The number of fused-ring (bicyclic) bond motifs is 5. The van der Waals surface area contributed by atoms with Crippen LogP contribution in [0.3, 0.4) is 0 Å². The fourth-order valence-electron chi connectivity index (χ4n) is 8.81. The predicted octanol–water partition coefficient (Wildman–Crippen LogP) is 12.5. The molecule has 0 saturated carbocycles. The van der Waals surface area contributed by atoms with E-state index in [1.54, 1.807) is 0 Å². The van der Waals surface area contributed by atoms with Crippen molar-refractivity contribution in [3.63, 3.8) is 0 Å². The van der Waals surface area contributed by atoms with Gasteiger partial charge in [0.1, 0.15) is 24.3 Å². The lowest BCUT2D eigenvalue weighted by molar-refractivity contribution is 0.406. The zero-order valence-electron chi connectivity index (χ0n) is 32.3. The summed E-state index contributed by atoms with van der Waals surface area (Å²) in [6, 6.07) is 69.6. The molecule has 0 bridgehead atoms. The van der Waals surface area contributed by atoms with Crippen LogP contribution in [0.25, 0.3) is 66.0 Å². The van der Waals surface area contributed by atoms with E-state index in [1.165, 1.54) is 54.9 Å². The minimum atomic E-state index is -0.223. The van der Waals surface area contributed by atoms with Crippen molar-refractivity contribution in [3.8, 4) is 33.4 Å². The number of benzene rings is 8. The average molecular weight is 760 g/mol. The molecule has 3 atom stereocenters. The second-order valence-corrected chi connectivity index (χ2v) is 15.3. The third-order valence-corrected chi connectivity index (χ3v) is 11.7. The van der Waals surface area contributed by atoms with Gasteiger partial charge in [0.15, 0.2) is 0 Å². The molecule has 5 nitrogen and oxygen atoms in total. The summed E-state index contributed by atoms with van der Waals surface area (Å²) < 4.78 is 2.47. The number of allylic oxidation sites excluding steroid dienone is 2. The molecule has 0 fully saturated rings. The monoisotopic (exact) mass is 759 g/mol. The first kappa shape index (κ1) is 34.8. The molecule has 59 heavy (non-hydrogen) atoms. The molecule has 8 aromatic carbocycles. The van der Waals surface area contributed by atoms with E-state index in [-0.39, 0.29) is 18.5 Å². The van der Waals surface area contributed by atoms with Crippen LogP contribution in [0.15, 0.2) is 223 Å². The van der Waals surface area contributed by atoms with Gasteiger partial charge in [-0.3, -0.25) is 5.32 Å². The van der Waals surface area contributed by atoms with Crippen LogP contribution in [0.4, 0.5) is 0 Å². The molecule has 2 aliphatic heterocycles. The van der Waals surface area contributed by atoms with Gasteiger partial charge in [0, 0.05) is 10.8 Å². The lowest BCUT2D eigenvalue weighted by Gasteiger charge is -2.34. The Bertz CT molecular complexity index is 3020. The summed E-state index contributed by atoms with van der Waals surface area (Å²) in [5, 5.41) is 16.4. The van der Waals surface area contributed by atoms with Crippen molar-refractivity contribution in [2.24, 2.45) is 4.99 Å². The fraction of sp³-hybridized carbons (Fsp3) is 0.0556. The summed E-state index contributed by atoms with van der Waals surface area (Å²) in [4.78, 5) is 5.27. The molecule has 0 saturated heterocycles. The molecule has 2 aliphatic rings. The maximum absolute atomic E-state index is 5.27. The fourth-order valence-corrected chi connectivity index (χ4v) is 8.81. The number of aliphatic imine (C=N–C) groups is 1. The van der Waals surface area contributed by atoms with Crippen molar-refractivity contribution >= 4 is 38.4 Å². The van der Waals surface area contributed by atoms with Crippen molar-refractivity contribution in [2.75, 3.05) is 0 Å². The highest BCUT2D eigenvalue weighted by atomic mass is 15.3. The predicted molar refractivity (Wildman–Crippen MR) is 245 cm³/mol. The normalized spacial score (nSPS) is 17.7. The van der Waals surface area contributed by atoms with Gasteiger partial charge in [-0.05, 0) is 97.8 Å². The van der Waals surface area contributed by atoms with Crippen molar-refractivity contribution in [2.45, 2.75) is 18.5 Å². The molecule has 0 spiro atoms. The average Bonchev–Trinajstić information content (AvgIpc) is 3.67. The molecule has 11 rings (SSSR count). The molecule has 0 amide bonds. The van der Waals surface area contributed by atoms with Crippen LogP contribution in [-0.4, -0.2) is 10.4 Å². The summed E-state index contributed by atoms with van der Waals surface area (Å²) >= 11 is 0. The van der Waals surface area contributed by atoms with E-state index in [9.17, 15) is 0 Å². The number of rotatable bonds is 7. The van der Waals surface area contributed by atoms with E-state index in [0.29, 0.717) is 0 Å². The van der Waals surface area contributed by atoms with Gasteiger partial charge in [-0.25, -0.2) is 4.99 Å². The first-order valence-corrected chi connectivity index (χ1v) is 20.3. The van der Waals surface area contributed by atoms with Gasteiger partial charge in [-0.15, -0.1) is 0 Å². The van der Waals surface area contributed by atoms with Gasteiger partial charge in [0.2, 0.25) is 0 Å². The largest absolute Gasteiger partial charge is 0.359 e. The topological polar surface area (TPSA) is 53.4 Å². The quantitative estimate of drug-likeness (QED) is 0.152. The maximum Gasteiger partial charge on any atom is 0.148 e. The lowest BCUT2D eigenvalue weighted by atomic mass is 9.93. The number of nitrogens with zero attached hydrogens (tertiary/aromatic N) is 2.